The van der Waals surface area contributed by atoms with Crippen LogP contribution < -0.4 is 5.32 Å². The summed E-state index contributed by atoms with van der Waals surface area (Å²) >= 11 is 0. The van der Waals surface area contributed by atoms with Gasteiger partial charge in [-0.1, -0.05) is 0 Å². The summed E-state index contributed by atoms with van der Waals surface area (Å²) in [5.74, 6) is 0.238. The maximum Gasteiger partial charge on any atom is 0.433 e. The van der Waals surface area contributed by atoms with Crippen LogP contribution in [-0.4, -0.2) is 23.7 Å². The molecule has 18 heavy (non-hydrogen) atoms. The third kappa shape index (κ3) is 2.78. The molecule has 1 aliphatic rings. The number of nitrogens with zero attached hydrogens (tertiary/aromatic N) is 2. The molecule has 1 aliphatic heterocycles. The lowest BCUT2D eigenvalue weighted by molar-refractivity contribution is -0.142. The summed E-state index contributed by atoms with van der Waals surface area (Å²) < 4.78 is 43.5. The molecule has 0 spiro atoms. The molecule has 1 aromatic rings. The van der Waals surface area contributed by atoms with Crippen LogP contribution in [0.15, 0.2) is 0 Å². The minimum absolute atomic E-state index is 0.179. The van der Waals surface area contributed by atoms with Crippen molar-refractivity contribution in [2.75, 3.05) is 13.7 Å². The molecule has 0 saturated carbocycles. The van der Waals surface area contributed by atoms with Crippen molar-refractivity contribution in [2.24, 2.45) is 0 Å². The molecular formula is C11H14F3N3O. The molecule has 2 heterocycles. The number of ether oxygens (including phenoxy) is 1. The van der Waals surface area contributed by atoms with E-state index in [9.17, 15) is 13.2 Å². The van der Waals surface area contributed by atoms with Gasteiger partial charge in [0.25, 0.3) is 0 Å². The Morgan fingerprint density at radius 2 is 2.06 bits per heavy atom. The third-order valence-corrected chi connectivity index (χ3v) is 2.75. The molecule has 1 aromatic heterocycles. The van der Waals surface area contributed by atoms with E-state index >= 15 is 0 Å². The number of hydrogen-bond donors (Lipinski definition) is 1. The number of nitrogens with one attached hydrogen (secondary N) is 1. The van der Waals surface area contributed by atoms with Crippen LogP contribution in [0, 0.1) is 0 Å². The fourth-order valence-corrected chi connectivity index (χ4v) is 1.94. The van der Waals surface area contributed by atoms with E-state index < -0.39 is 11.9 Å². The van der Waals surface area contributed by atoms with E-state index in [0.29, 0.717) is 31.7 Å². The van der Waals surface area contributed by atoms with Gasteiger partial charge in [0.2, 0.25) is 0 Å². The molecule has 0 fully saturated rings. The number of fused-ring (bicyclic) bond motifs is 1. The normalized spacial score (nSPS) is 14.9. The van der Waals surface area contributed by atoms with Gasteiger partial charge in [-0.15, -0.1) is 0 Å². The fourth-order valence-electron chi connectivity index (χ4n) is 1.94. The van der Waals surface area contributed by atoms with Gasteiger partial charge in [0.05, 0.1) is 5.69 Å². The lowest BCUT2D eigenvalue weighted by Crippen LogP contribution is -2.16. The Hall–Kier alpha value is -1.21. The van der Waals surface area contributed by atoms with Gasteiger partial charge < -0.3 is 10.1 Å². The Morgan fingerprint density at radius 1 is 1.28 bits per heavy atom. The predicted octanol–water partition coefficient (Wildman–Crippen LogP) is 1.68. The molecule has 7 heteroatoms. The summed E-state index contributed by atoms with van der Waals surface area (Å²) in [4.78, 5) is 7.83. The predicted molar refractivity (Wildman–Crippen MR) is 57.8 cm³/mol. The standard InChI is InChI=1S/C11H14F3N3O/c1-18-4-2-3-9-16-8-6-15-5-7(8)10(17-9)11(12,13)14/h15H,2-6H2,1H3. The molecule has 0 atom stereocenters. The molecule has 0 saturated heterocycles. The summed E-state index contributed by atoms with van der Waals surface area (Å²) in [6.07, 6.45) is -3.42. The van der Waals surface area contributed by atoms with Gasteiger partial charge in [-0.2, -0.15) is 13.2 Å². The van der Waals surface area contributed by atoms with Crippen LogP contribution >= 0.6 is 0 Å². The van der Waals surface area contributed by atoms with Gasteiger partial charge in [0.15, 0.2) is 5.69 Å². The number of hydrogen-bond acceptors (Lipinski definition) is 4. The molecule has 100 valence electrons. The molecule has 2 rings (SSSR count). The minimum atomic E-state index is -4.42. The second-order valence-electron chi connectivity index (χ2n) is 4.11. The highest BCUT2D eigenvalue weighted by atomic mass is 19.4. The molecule has 0 bridgehead atoms. The van der Waals surface area contributed by atoms with E-state index in [0.717, 1.165) is 0 Å². The molecule has 1 N–H and O–H groups in total. The Labute approximate surface area is 103 Å². The molecule has 0 radical (unpaired) electrons. The lowest BCUT2D eigenvalue weighted by atomic mass is 10.1. The van der Waals surface area contributed by atoms with Crippen molar-refractivity contribution in [3.05, 3.63) is 22.8 Å². The molecule has 0 amide bonds. The summed E-state index contributed by atoms with van der Waals surface area (Å²) in [6, 6.07) is 0. The zero-order valence-electron chi connectivity index (χ0n) is 9.97. The highest BCUT2D eigenvalue weighted by molar-refractivity contribution is 5.31. The van der Waals surface area contributed by atoms with E-state index in [1.807, 2.05) is 0 Å². The van der Waals surface area contributed by atoms with Crippen LogP contribution in [-0.2, 0) is 30.4 Å². The second-order valence-corrected chi connectivity index (χ2v) is 4.11. The average molecular weight is 261 g/mol. The first-order valence-corrected chi connectivity index (χ1v) is 5.68. The highest BCUT2D eigenvalue weighted by Crippen LogP contribution is 2.33. The van der Waals surface area contributed by atoms with E-state index in [1.165, 1.54) is 0 Å². The Balaban J connectivity index is 2.28. The van der Waals surface area contributed by atoms with Crippen molar-refractivity contribution in [2.45, 2.75) is 32.1 Å². The Morgan fingerprint density at radius 3 is 2.72 bits per heavy atom. The maximum atomic E-state index is 12.9. The number of rotatable bonds is 4. The van der Waals surface area contributed by atoms with Crippen LogP contribution in [0.25, 0.3) is 0 Å². The average Bonchev–Trinajstić information content (AvgIpc) is 2.74. The van der Waals surface area contributed by atoms with Crippen molar-refractivity contribution < 1.29 is 17.9 Å². The number of aromatic nitrogens is 2. The van der Waals surface area contributed by atoms with Crippen molar-refractivity contribution >= 4 is 0 Å². The Kier molecular flexibility index (Phi) is 3.82. The van der Waals surface area contributed by atoms with Gasteiger partial charge in [0.1, 0.15) is 5.82 Å². The molecule has 0 aliphatic carbocycles. The minimum Gasteiger partial charge on any atom is -0.385 e. The first-order valence-electron chi connectivity index (χ1n) is 5.68. The maximum absolute atomic E-state index is 12.9. The van der Waals surface area contributed by atoms with Crippen molar-refractivity contribution in [1.82, 2.24) is 15.3 Å². The van der Waals surface area contributed by atoms with Gasteiger partial charge in [-0.3, -0.25) is 0 Å². The van der Waals surface area contributed by atoms with E-state index in [2.05, 4.69) is 15.3 Å². The molecule has 0 unspecified atom stereocenters. The largest absolute Gasteiger partial charge is 0.433 e. The van der Waals surface area contributed by atoms with Gasteiger partial charge in [-0.25, -0.2) is 9.97 Å². The first-order chi connectivity index (χ1) is 8.52. The zero-order valence-corrected chi connectivity index (χ0v) is 9.97. The summed E-state index contributed by atoms with van der Waals surface area (Å²) in [6.45, 7) is 1.04. The molecule has 4 nitrogen and oxygen atoms in total. The lowest BCUT2D eigenvalue weighted by Gasteiger charge is -2.12. The van der Waals surface area contributed by atoms with Crippen LogP contribution in [0.2, 0.25) is 0 Å². The smallest absolute Gasteiger partial charge is 0.385 e. The van der Waals surface area contributed by atoms with Crippen molar-refractivity contribution in [1.29, 1.82) is 0 Å². The van der Waals surface area contributed by atoms with Crippen molar-refractivity contribution in [3.8, 4) is 0 Å². The summed E-state index contributed by atoms with van der Waals surface area (Å²) in [5.41, 5.74) is -0.160. The summed E-state index contributed by atoms with van der Waals surface area (Å²) in [7, 11) is 1.55. The fraction of sp³-hybridized carbons (Fsp3) is 0.636. The van der Waals surface area contributed by atoms with Crippen LogP contribution in [0.3, 0.4) is 0 Å². The van der Waals surface area contributed by atoms with Crippen molar-refractivity contribution in [3.63, 3.8) is 0 Å². The number of aryl methyl sites for hydroxylation is 1. The SMILES string of the molecule is COCCCc1nc2c(c(C(F)(F)F)n1)CNC2. The Bertz CT molecular complexity index is 434. The highest BCUT2D eigenvalue weighted by Gasteiger charge is 2.38. The van der Waals surface area contributed by atoms with E-state index in [4.69, 9.17) is 4.74 Å². The monoisotopic (exact) mass is 261 g/mol. The van der Waals surface area contributed by atoms with Gasteiger partial charge in [-0.05, 0) is 6.42 Å². The number of halogens is 3. The van der Waals surface area contributed by atoms with E-state index in [1.54, 1.807) is 7.11 Å². The quantitative estimate of drug-likeness (QED) is 0.838. The zero-order chi connectivity index (χ0) is 13.2. The van der Waals surface area contributed by atoms with Gasteiger partial charge >= 0.3 is 6.18 Å². The topological polar surface area (TPSA) is 47.0 Å². The molecule has 0 aromatic carbocycles. The van der Waals surface area contributed by atoms with Crippen LogP contribution in [0.4, 0.5) is 13.2 Å². The number of methoxy groups -OCH3 is 1. The van der Waals surface area contributed by atoms with Gasteiger partial charge in [0, 0.05) is 38.8 Å². The number of alkyl halides is 3. The first kappa shape index (κ1) is 13.2. The van der Waals surface area contributed by atoms with E-state index in [-0.39, 0.29) is 17.9 Å². The second kappa shape index (κ2) is 5.19. The van der Waals surface area contributed by atoms with Crippen LogP contribution in [0.5, 0.6) is 0 Å². The summed E-state index contributed by atoms with van der Waals surface area (Å²) in [5, 5.41) is 2.87. The third-order valence-electron chi connectivity index (χ3n) is 2.75. The van der Waals surface area contributed by atoms with Crippen LogP contribution in [0.1, 0.15) is 29.2 Å². The molecular weight excluding hydrogens is 247 g/mol.